The summed E-state index contributed by atoms with van der Waals surface area (Å²) in [6, 6.07) is 9.73. The minimum Gasteiger partial charge on any atom is -0.325 e. The van der Waals surface area contributed by atoms with Gasteiger partial charge in [0.15, 0.2) is 0 Å². The van der Waals surface area contributed by atoms with Crippen LogP contribution in [0.15, 0.2) is 36.5 Å². The summed E-state index contributed by atoms with van der Waals surface area (Å²) in [5.74, 6) is 1.67. The molecule has 0 spiro atoms. The summed E-state index contributed by atoms with van der Waals surface area (Å²) in [6.45, 7) is 3.08. The molecule has 1 aliphatic rings. The van der Waals surface area contributed by atoms with Crippen molar-refractivity contribution in [3.05, 3.63) is 47.8 Å². The van der Waals surface area contributed by atoms with Gasteiger partial charge in [-0.2, -0.15) is 0 Å². The maximum atomic E-state index is 11.8. The zero-order valence-electron chi connectivity index (χ0n) is 13.9. The quantitative estimate of drug-likeness (QED) is 0.921. The lowest BCUT2D eigenvalue weighted by atomic mass is 9.92. The molecule has 0 amide bonds. The van der Waals surface area contributed by atoms with Crippen LogP contribution in [0, 0.1) is 6.92 Å². The standard InChI is InChI=1S/C17H22N4O2S/c1-13-5-3-7-16(19-13)20-17-11-14(8-9-18-17)15-6-4-10-21(12-15)24(2,22)23/h3,5,7-9,11,15H,4,6,10,12H2,1-2H3,(H,18,19,20)/t15-/m1/s1. The first kappa shape index (κ1) is 16.9. The van der Waals surface area contributed by atoms with Gasteiger partial charge in [-0.25, -0.2) is 22.7 Å². The normalized spacial score (nSPS) is 19.2. The Bertz CT molecular complexity index is 823. The van der Waals surface area contributed by atoms with E-state index in [1.54, 1.807) is 10.5 Å². The molecule has 2 aromatic heterocycles. The highest BCUT2D eigenvalue weighted by Crippen LogP contribution is 2.29. The van der Waals surface area contributed by atoms with Gasteiger partial charge in [0.05, 0.1) is 6.26 Å². The van der Waals surface area contributed by atoms with Crippen LogP contribution in [0.25, 0.3) is 0 Å². The van der Waals surface area contributed by atoms with Gasteiger partial charge in [0, 0.05) is 25.0 Å². The Kier molecular flexibility index (Phi) is 4.82. The van der Waals surface area contributed by atoms with Crippen molar-refractivity contribution in [2.45, 2.75) is 25.7 Å². The highest BCUT2D eigenvalue weighted by molar-refractivity contribution is 7.88. The maximum absolute atomic E-state index is 11.8. The number of nitrogens with zero attached hydrogens (tertiary/aromatic N) is 3. The summed E-state index contributed by atoms with van der Waals surface area (Å²) >= 11 is 0. The van der Waals surface area contributed by atoms with Gasteiger partial charge in [-0.3, -0.25) is 0 Å². The van der Waals surface area contributed by atoms with Crippen molar-refractivity contribution in [2.75, 3.05) is 24.7 Å². The van der Waals surface area contributed by atoms with Gasteiger partial charge in [-0.1, -0.05) is 6.07 Å². The number of anilines is 2. The van der Waals surface area contributed by atoms with E-state index in [1.165, 1.54) is 6.26 Å². The van der Waals surface area contributed by atoms with Gasteiger partial charge in [0.2, 0.25) is 10.0 Å². The molecular formula is C17H22N4O2S. The number of nitrogens with one attached hydrogen (secondary N) is 1. The van der Waals surface area contributed by atoms with Gasteiger partial charge in [0.1, 0.15) is 11.6 Å². The fraction of sp³-hybridized carbons (Fsp3) is 0.412. The number of rotatable bonds is 4. The van der Waals surface area contributed by atoms with Crippen molar-refractivity contribution in [1.82, 2.24) is 14.3 Å². The van der Waals surface area contributed by atoms with Crippen LogP contribution in [0.4, 0.5) is 11.6 Å². The second kappa shape index (κ2) is 6.86. The third-order valence-corrected chi connectivity index (χ3v) is 5.52. The number of hydrogen-bond acceptors (Lipinski definition) is 5. The fourth-order valence-electron chi connectivity index (χ4n) is 3.03. The number of aryl methyl sites for hydroxylation is 1. The zero-order chi connectivity index (χ0) is 17.2. The molecule has 1 fully saturated rings. The van der Waals surface area contributed by atoms with Crippen LogP contribution in [0.3, 0.4) is 0 Å². The summed E-state index contributed by atoms with van der Waals surface area (Å²) in [5.41, 5.74) is 2.04. The first-order chi connectivity index (χ1) is 11.4. The maximum Gasteiger partial charge on any atom is 0.211 e. The molecule has 0 radical (unpaired) electrons. The third kappa shape index (κ3) is 4.10. The Hall–Kier alpha value is -1.99. The first-order valence-electron chi connectivity index (χ1n) is 8.03. The molecule has 2 aromatic rings. The average Bonchev–Trinajstić information content (AvgIpc) is 2.54. The van der Waals surface area contributed by atoms with Gasteiger partial charge in [-0.15, -0.1) is 0 Å². The summed E-state index contributed by atoms with van der Waals surface area (Å²) in [7, 11) is -3.14. The molecule has 0 aliphatic carbocycles. The largest absolute Gasteiger partial charge is 0.325 e. The second-order valence-corrected chi connectivity index (χ2v) is 8.21. The number of pyridine rings is 2. The van der Waals surface area contributed by atoms with E-state index >= 15 is 0 Å². The third-order valence-electron chi connectivity index (χ3n) is 4.25. The van der Waals surface area contributed by atoms with Crippen molar-refractivity contribution in [3.8, 4) is 0 Å². The molecule has 3 heterocycles. The Morgan fingerprint density at radius 2 is 2.08 bits per heavy atom. The van der Waals surface area contributed by atoms with E-state index in [0.29, 0.717) is 13.1 Å². The topological polar surface area (TPSA) is 75.2 Å². The Labute approximate surface area is 143 Å². The van der Waals surface area contributed by atoms with Crippen LogP contribution < -0.4 is 5.32 Å². The van der Waals surface area contributed by atoms with Gasteiger partial charge in [-0.05, 0) is 55.5 Å². The Morgan fingerprint density at radius 1 is 1.25 bits per heavy atom. The molecule has 1 saturated heterocycles. The highest BCUT2D eigenvalue weighted by atomic mass is 32.2. The summed E-state index contributed by atoms with van der Waals surface area (Å²) in [6.07, 6.45) is 4.89. The molecular weight excluding hydrogens is 324 g/mol. The smallest absolute Gasteiger partial charge is 0.211 e. The molecule has 128 valence electrons. The Morgan fingerprint density at radius 3 is 2.83 bits per heavy atom. The molecule has 0 bridgehead atoms. The molecule has 0 saturated carbocycles. The molecule has 0 unspecified atom stereocenters. The van der Waals surface area contributed by atoms with Crippen molar-refractivity contribution >= 4 is 21.7 Å². The lowest BCUT2D eigenvalue weighted by molar-refractivity contribution is 0.317. The van der Waals surface area contributed by atoms with Crippen LogP contribution in [0.2, 0.25) is 0 Å². The van der Waals surface area contributed by atoms with E-state index in [1.807, 2.05) is 37.3 Å². The van der Waals surface area contributed by atoms with Crippen molar-refractivity contribution < 1.29 is 8.42 Å². The summed E-state index contributed by atoms with van der Waals surface area (Å²) in [5, 5.41) is 3.21. The van der Waals surface area contributed by atoms with Crippen molar-refractivity contribution in [2.24, 2.45) is 0 Å². The summed E-state index contributed by atoms with van der Waals surface area (Å²) < 4.78 is 25.2. The lowest BCUT2D eigenvalue weighted by Crippen LogP contribution is -2.38. The number of aromatic nitrogens is 2. The fourth-order valence-corrected chi connectivity index (χ4v) is 3.94. The van der Waals surface area contributed by atoms with E-state index in [4.69, 9.17) is 0 Å². The van der Waals surface area contributed by atoms with E-state index < -0.39 is 10.0 Å². The molecule has 3 rings (SSSR count). The Balaban J connectivity index is 1.77. The van der Waals surface area contributed by atoms with Gasteiger partial charge < -0.3 is 5.32 Å². The van der Waals surface area contributed by atoms with E-state index in [-0.39, 0.29) is 5.92 Å². The van der Waals surface area contributed by atoms with E-state index in [9.17, 15) is 8.42 Å². The van der Waals surface area contributed by atoms with Crippen LogP contribution >= 0.6 is 0 Å². The second-order valence-electron chi connectivity index (χ2n) is 6.22. The minimum atomic E-state index is -3.14. The van der Waals surface area contributed by atoms with Crippen molar-refractivity contribution in [1.29, 1.82) is 0 Å². The average molecular weight is 346 g/mol. The molecule has 6 nitrogen and oxygen atoms in total. The summed E-state index contributed by atoms with van der Waals surface area (Å²) in [4.78, 5) is 8.76. The van der Waals surface area contributed by atoms with Crippen LogP contribution in [0.5, 0.6) is 0 Å². The number of hydrogen-bond donors (Lipinski definition) is 1. The SMILES string of the molecule is Cc1cccc(Nc2cc([C@@H]3CCCN(S(C)(=O)=O)C3)ccn2)n1. The van der Waals surface area contributed by atoms with Crippen molar-refractivity contribution in [3.63, 3.8) is 0 Å². The highest BCUT2D eigenvalue weighted by Gasteiger charge is 2.26. The van der Waals surface area contributed by atoms with Gasteiger partial charge >= 0.3 is 0 Å². The molecule has 7 heteroatoms. The monoisotopic (exact) mass is 346 g/mol. The van der Waals surface area contributed by atoms with E-state index in [2.05, 4.69) is 15.3 Å². The zero-order valence-corrected chi connectivity index (χ0v) is 14.8. The first-order valence-corrected chi connectivity index (χ1v) is 9.88. The minimum absolute atomic E-state index is 0.197. The molecule has 1 N–H and O–H groups in total. The molecule has 0 aromatic carbocycles. The van der Waals surface area contributed by atoms with E-state index in [0.717, 1.165) is 35.7 Å². The molecule has 1 aliphatic heterocycles. The molecule has 24 heavy (non-hydrogen) atoms. The lowest BCUT2D eigenvalue weighted by Gasteiger charge is -2.31. The predicted molar refractivity (Wildman–Crippen MR) is 94.9 cm³/mol. The number of piperidine rings is 1. The van der Waals surface area contributed by atoms with Crippen LogP contribution in [-0.2, 0) is 10.0 Å². The molecule has 1 atom stereocenters. The van der Waals surface area contributed by atoms with Gasteiger partial charge in [0.25, 0.3) is 0 Å². The number of sulfonamides is 1. The van der Waals surface area contributed by atoms with Crippen LogP contribution in [0.1, 0.15) is 30.0 Å². The predicted octanol–water partition coefficient (Wildman–Crippen LogP) is 2.67. The van der Waals surface area contributed by atoms with Crippen LogP contribution in [-0.4, -0.2) is 42.0 Å².